The number of amides is 1. The molecule has 0 bridgehead atoms. The van der Waals surface area contributed by atoms with Gasteiger partial charge in [-0.05, 0) is 53.5 Å². The van der Waals surface area contributed by atoms with Gasteiger partial charge in [0.2, 0.25) is 0 Å². The lowest BCUT2D eigenvalue weighted by Gasteiger charge is -2.27. The van der Waals surface area contributed by atoms with Crippen molar-refractivity contribution in [2.24, 2.45) is 0 Å². The Labute approximate surface area is 127 Å². The van der Waals surface area contributed by atoms with Gasteiger partial charge < -0.3 is 4.90 Å². The number of nitrogens with zero attached hydrogens (tertiary/aromatic N) is 3. The summed E-state index contributed by atoms with van der Waals surface area (Å²) in [6.45, 7) is 4.53. The van der Waals surface area contributed by atoms with Gasteiger partial charge in [0.25, 0.3) is 5.91 Å². The fraction of sp³-hybridized carbons (Fsp3) is 0.267. The minimum Gasteiger partial charge on any atom is -0.332 e. The van der Waals surface area contributed by atoms with Crippen LogP contribution in [0.15, 0.2) is 47.5 Å². The molecule has 1 amide bonds. The van der Waals surface area contributed by atoms with Crippen molar-refractivity contribution < 1.29 is 4.79 Å². The van der Waals surface area contributed by atoms with E-state index in [-0.39, 0.29) is 11.9 Å². The zero-order valence-corrected chi connectivity index (χ0v) is 13.0. The first-order valence-electron chi connectivity index (χ1n) is 6.40. The van der Waals surface area contributed by atoms with Gasteiger partial charge in [0, 0.05) is 31.2 Å². The van der Waals surface area contributed by atoms with Crippen molar-refractivity contribution in [2.45, 2.75) is 26.4 Å². The minimum absolute atomic E-state index is 0.0381. The number of pyridine rings is 2. The van der Waals surface area contributed by atoms with E-state index in [9.17, 15) is 4.79 Å². The molecule has 0 saturated carbocycles. The van der Waals surface area contributed by atoms with Gasteiger partial charge in [0.1, 0.15) is 4.60 Å². The van der Waals surface area contributed by atoms with Crippen LogP contribution < -0.4 is 0 Å². The van der Waals surface area contributed by atoms with E-state index in [0.29, 0.717) is 16.7 Å². The summed E-state index contributed by atoms with van der Waals surface area (Å²) in [6, 6.07) is 7.47. The van der Waals surface area contributed by atoms with Crippen molar-refractivity contribution in [2.75, 3.05) is 0 Å². The number of carbonyl (C=O) groups is 1. The maximum Gasteiger partial charge on any atom is 0.257 e. The van der Waals surface area contributed by atoms with Crippen LogP contribution in [0.25, 0.3) is 0 Å². The molecule has 0 atom stereocenters. The molecule has 0 aliphatic heterocycles. The predicted octanol–water partition coefficient (Wildman–Crippen LogP) is 3.29. The van der Waals surface area contributed by atoms with E-state index in [4.69, 9.17) is 0 Å². The molecule has 0 aromatic carbocycles. The van der Waals surface area contributed by atoms with Crippen LogP contribution in [0, 0.1) is 0 Å². The number of halogens is 1. The summed E-state index contributed by atoms with van der Waals surface area (Å²) < 4.78 is 0.571. The van der Waals surface area contributed by atoms with Crippen LogP contribution in [0.5, 0.6) is 0 Å². The summed E-state index contributed by atoms with van der Waals surface area (Å²) in [5.74, 6) is -0.0381. The Morgan fingerprint density at radius 2 is 2.05 bits per heavy atom. The van der Waals surface area contributed by atoms with Crippen molar-refractivity contribution >= 4 is 21.8 Å². The van der Waals surface area contributed by atoms with Gasteiger partial charge >= 0.3 is 0 Å². The number of aromatic nitrogens is 2. The lowest BCUT2D eigenvalue weighted by molar-refractivity contribution is 0.0688. The maximum absolute atomic E-state index is 12.6. The second kappa shape index (κ2) is 6.61. The SMILES string of the molecule is CC(C)N(Cc1cccnc1)C(=O)c1cccnc1Br. The Morgan fingerprint density at radius 3 is 2.65 bits per heavy atom. The molecular formula is C15H16BrN3O. The number of hydrogen-bond donors (Lipinski definition) is 0. The largest absolute Gasteiger partial charge is 0.332 e. The zero-order chi connectivity index (χ0) is 14.5. The number of rotatable bonds is 4. The summed E-state index contributed by atoms with van der Waals surface area (Å²) in [5.41, 5.74) is 1.58. The Kier molecular flexibility index (Phi) is 4.84. The summed E-state index contributed by atoms with van der Waals surface area (Å²) in [4.78, 5) is 22.6. The molecule has 2 heterocycles. The minimum atomic E-state index is -0.0381. The molecule has 0 aliphatic carbocycles. The molecule has 5 heteroatoms. The number of hydrogen-bond acceptors (Lipinski definition) is 3. The van der Waals surface area contributed by atoms with E-state index in [1.165, 1.54) is 0 Å². The van der Waals surface area contributed by atoms with Gasteiger partial charge in [0.15, 0.2) is 0 Å². The average Bonchev–Trinajstić information content (AvgIpc) is 2.45. The van der Waals surface area contributed by atoms with Crippen LogP contribution in [-0.2, 0) is 6.54 Å². The molecule has 4 nitrogen and oxygen atoms in total. The Balaban J connectivity index is 2.25. The van der Waals surface area contributed by atoms with Crippen molar-refractivity contribution in [1.82, 2.24) is 14.9 Å². The lowest BCUT2D eigenvalue weighted by atomic mass is 10.2. The van der Waals surface area contributed by atoms with E-state index in [1.54, 1.807) is 35.6 Å². The highest BCUT2D eigenvalue weighted by atomic mass is 79.9. The Hall–Kier alpha value is -1.75. The van der Waals surface area contributed by atoms with Gasteiger partial charge in [-0.15, -0.1) is 0 Å². The van der Waals surface area contributed by atoms with Gasteiger partial charge in [-0.2, -0.15) is 0 Å². The molecule has 0 aliphatic rings. The smallest absolute Gasteiger partial charge is 0.257 e. The molecule has 0 fully saturated rings. The summed E-state index contributed by atoms with van der Waals surface area (Å²) in [5, 5.41) is 0. The fourth-order valence-corrected chi connectivity index (χ4v) is 2.30. The third-order valence-corrected chi connectivity index (χ3v) is 3.58. The third kappa shape index (κ3) is 3.42. The van der Waals surface area contributed by atoms with Crippen molar-refractivity contribution in [3.63, 3.8) is 0 Å². The van der Waals surface area contributed by atoms with Gasteiger partial charge in [-0.25, -0.2) is 4.98 Å². The Morgan fingerprint density at radius 1 is 1.30 bits per heavy atom. The second-order valence-electron chi connectivity index (χ2n) is 4.73. The average molecular weight is 334 g/mol. The molecule has 0 N–H and O–H groups in total. The Bertz CT molecular complexity index is 587. The molecule has 0 spiro atoms. The van der Waals surface area contributed by atoms with Crippen molar-refractivity contribution in [3.05, 3.63) is 58.6 Å². The first-order valence-corrected chi connectivity index (χ1v) is 7.19. The van der Waals surface area contributed by atoms with Crippen LogP contribution in [0.3, 0.4) is 0 Å². The van der Waals surface area contributed by atoms with Gasteiger partial charge in [-0.1, -0.05) is 6.07 Å². The molecule has 2 aromatic rings. The van der Waals surface area contributed by atoms with E-state index < -0.39 is 0 Å². The summed E-state index contributed by atoms with van der Waals surface area (Å²) in [6.07, 6.45) is 5.16. The highest BCUT2D eigenvalue weighted by molar-refractivity contribution is 9.10. The second-order valence-corrected chi connectivity index (χ2v) is 5.48. The number of carbonyl (C=O) groups excluding carboxylic acids is 1. The molecule has 0 saturated heterocycles. The lowest BCUT2D eigenvalue weighted by Crippen LogP contribution is -2.36. The van der Waals surface area contributed by atoms with Crippen LogP contribution in [0.1, 0.15) is 29.8 Å². The normalized spacial score (nSPS) is 10.6. The topological polar surface area (TPSA) is 46.1 Å². The van der Waals surface area contributed by atoms with Gasteiger partial charge in [-0.3, -0.25) is 9.78 Å². The van der Waals surface area contributed by atoms with Crippen molar-refractivity contribution in [1.29, 1.82) is 0 Å². The molecule has 0 radical (unpaired) electrons. The molecular weight excluding hydrogens is 318 g/mol. The van der Waals surface area contributed by atoms with Crippen molar-refractivity contribution in [3.8, 4) is 0 Å². The molecule has 20 heavy (non-hydrogen) atoms. The first kappa shape index (κ1) is 14.7. The molecule has 2 aromatic heterocycles. The van der Waals surface area contributed by atoms with E-state index in [1.807, 2.05) is 26.0 Å². The van der Waals surface area contributed by atoms with Crippen LogP contribution >= 0.6 is 15.9 Å². The standard InChI is InChI=1S/C15H16BrN3O/c1-11(2)19(10-12-5-3-7-17-9-12)15(20)13-6-4-8-18-14(13)16/h3-9,11H,10H2,1-2H3. The third-order valence-electron chi connectivity index (χ3n) is 2.95. The summed E-state index contributed by atoms with van der Waals surface area (Å²) in [7, 11) is 0. The van der Waals surface area contributed by atoms with E-state index in [0.717, 1.165) is 5.56 Å². The van der Waals surface area contributed by atoms with Crippen LogP contribution in [0.4, 0.5) is 0 Å². The zero-order valence-electron chi connectivity index (χ0n) is 11.5. The van der Waals surface area contributed by atoms with Gasteiger partial charge in [0.05, 0.1) is 5.56 Å². The molecule has 0 unspecified atom stereocenters. The molecule has 2 rings (SSSR count). The van der Waals surface area contributed by atoms with E-state index in [2.05, 4.69) is 25.9 Å². The highest BCUT2D eigenvalue weighted by Crippen LogP contribution is 2.18. The first-order chi connectivity index (χ1) is 9.59. The van der Waals surface area contributed by atoms with E-state index >= 15 is 0 Å². The molecule has 104 valence electrons. The maximum atomic E-state index is 12.6. The predicted molar refractivity (Wildman–Crippen MR) is 81.2 cm³/mol. The fourth-order valence-electron chi connectivity index (χ4n) is 1.88. The van der Waals surface area contributed by atoms with Crippen LogP contribution in [0.2, 0.25) is 0 Å². The highest BCUT2D eigenvalue weighted by Gasteiger charge is 2.21. The van der Waals surface area contributed by atoms with Crippen LogP contribution in [-0.4, -0.2) is 26.8 Å². The monoisotopic (exact) mass is 333 g/mol. The summed E-state index contributed by atoms with van der Waals surface area (Å²) >= 11 is 3.33. The quantitative estimate of drug-likeness (QED) is 0.806.